The minimum atomic E-state index is -0.652. The number of halogens is 1. The van der Waals surface area contributed by atoms with E-state index < -0.39 is 16.7 Å². The summed E-state index contributed by atoms with van der Waals surface area (Å²) in [4.78, 5) is 35.2. The number of phenols is 1. The fraction of sp³-hybridized carbons (Fsp3) is 0.0455. The van der Waals surface area contributed by atoms with E-state index in [-0.39, 0.29) is 28.3 Å². The van der Waals surface area contributed by atoms with Crippen molar-refractivity contribution in [3.05, 3.63) is 92.5 Å². The molecule has 0 radical (unpaired) electrons. The molecule has 0 spiro atoms. The minimum Gasteiger partial charge on any atom is -0.504 e. The van der Waals surface area contributed by atoms with Crippen LogP contribution >= 0.6 is 11.6 Å². The Morgan fingerprint density at radius 1 is 1.09 bits per heavy atom. The average molecular weight is 469 g/mol. The van der Waals surface area contributed by atoms with Crippen LogP contribution in [-0.4, -0.2) is 35.2 Å². The lowest BCUT2D eigenvalue weighted by molar-refractivity contribution is -0.385. The second kappa shape index (κ2) is 10.2. The molecule has 3 aromatic rings. The third-order valence-electron chi connectivity index (χ3n) is 4.36. The Labute approximate surface area is 192 Å². The summed E-state index contributed by atoms with van der Waals surface area (Å²) in [5.41, 5.74) is 2.84. The third-order valence-corrected chi connectivity index (χ3v) is 4.59. The van der Waals surface area contributed by atoms with Crippen molar-refractivity contribution in [2.75, 3.05) is 12.4 Å². The summed E-state index contributed by atoms with van der Waals surface area (Å²) in [7, 11) is 1.25. The molecule has 0 atom stereocenters. The molecule has 0 saturated heterocycles. The summed E-state index contributed by atoms with van der Waals surface area (Å²) in [6.45, 7) is 0. The van der Waals surface area contributed by atoms with Crippen LogP contribution in [0.15, 0.2) is 65.8 Å². The number of methoxy groups -OCH3 is 1. The summed E-state index contributed by atoms with van der Waals surface area (Å²) in [6, 6.07) is 14.7. The van der Waals surface area contributed by atoms with Gasteiger partial charge in [0.05, 0.1) is 24.3 Å². The monoisotopic (exact) mass is 468 g/mol. The van der Waals surface area contributed by atoms with Crippen LogP contribution in [0.5, 0.6) is 11.5 Å². The van der Waals surface area contributed by atoms with Crippen LogP contribution in [0.3, 0.4) is 0 Å². The number of hydrogen-bond acceptors (Lipinski definition) is 7. The van der Waals surface area contributed by atoms with Gasteiger partial charge in [0, 0.05) is 33.5 Å². The molecule has 2 amide bonds. The predicted octanol–water partition coefficient (Wildman–Crippen LogP) is 3.98. The van der Waals surface area contributed by atoms with Crippen molar-refractivity contribution in [2.45, 2.75) is 0 Å². The predicted molar refractivity (Wildman–Crippen MR) is 122 cm³/mol. The number of ether oxygens (including phenoxy) is 1. The molecule has 0 aromatic heterocycles. The van der Waals surface area contributed by atoms with Crippen LogP contribution in [0.2, 0.25) is 5.02 Å². The van der Waals surface area contributed by atoms with Crippen LogP contribution in [0, 0.1) is 10.1 Å². The topological polar surface area (TPSA) is 143 Å². The van der Waals surface area contributed by atoms with Crippen molar-refractivity contribution in [1.29, 1.82) is 0 Å². The van der Waals surface area contributed by atoms with Crippen LogP contribution in [-0.2, 0) is 0 Å². The first-order valence-electron chi connectivity index (χ1n) is 9.34. The van der Waals surface area contributed by atoms with Gasteiger partial charge in [-0.05, 0) is 36.4 Å². The zero-order valence-corrected chi connectivity index (χ0v) is 17.9. The van der Waals surface area contributed by atoms with Gasteiger partial charge in [-0.2, -0.15) is 5.10 Å². The number of carbonyl (C=O) groups is 2. The Morgan fingerprint density at radius 2 is 1.79 bits per heavy atom. The smallest absolute Gasteiger partial charge is 0.274 e. The molecule has 0 aliphatic heterocycles. The lowest BCUT2D eigenvalue weighted by atomic mass is 10.1. The van der Waals surface area contributed by atoms with Gasteiger partial charge in [0.25, 0.3) is 17.5 Å². The normalized spacial score (nSPS) is 10.6. The highest BCUT2D eigenvalue weighted by molar-refractivity contribution is 6.31. The van der Waals surface area contributed by atoms with Gasteiger partial charge in [-0.15, -0.1) is 0 Å². The van der Waals surface area contributed by atoms with E-state index in [1.165, 1.54) is 25.3 Å². The van der Waals surface area contributed by atoms with Gasteiger partial charge in [0.15, 0.2) is 11.5 Å². The van der Waals surface area contributed by atoms with Crippen molar-refractivity contribution in [3.8, 4) is 11.5 Å². The number of nitrogens with one attached hydrogen (secondary N) is 2. The van der Waals surface area contributed by atoms with Gasteiger partial charge in [0.1, 0.15) is 0 Å². The third kappa shape index (κ3) is 5.83. The number of rotatable bonds is 7. The van der Waals surface area contributed by atoms with Gasteiger partial charge in [-0.3, -0.25) is 19.7 Å². The van der Waals surface area contributed by atoms with Crippen molar-refractivity contribution < 1.29 is 24.4 Å². The van der Waals surface area contributed by atoms with Crippen LogP contribution < -0.4 is 15.5 Å². The number of nitro benzene ring substituents is 1. The lowest BCUT2D eigenvalue weighted by Gasteiger charge is -2.08. The Morgan fingerprint density at radius 3 is 2.45 bits per heavy atom. The molecule has 3 N–H and O–H groups in total. The number of aromatic hydroxyl groups is 1. The first-order valence-corrected chi connectivity index (χ1v) is 9.72. The number of nitro groups is 1. The second-order valence-electron chi connectivity index (χ2n) is 6.59. The largest absolute Gasteiger partial charge is 0.504 e. The molecule has 0 aliphatic carbocycles. The number of nitrogens with zero attached hydrogens (tertiary/aromatic N) is 2. The zero-order valence-electron chi connectivity index (χ0n) is 17.1. The Balaban J connectivity index is 1.71. The summed E-state index contributed by atoms with van der Waals surface area (Å²) in [5.74, 6) is -1.49. The maximum atomic E-state index is 12.4. The molecular formula is C22H17ClN4O6. The zero-order chi connectivity index (χ0) is 24.0. The summed E-state index contributed by atoms with van der Waals surface area (Å²) in [5, 5.41) is 28.0. The van der Waals surface area contributed by atoms with E-state index in [9.17, 15) is 24.8 Å². The number of amides is 2. The van der Waals surface area contributed by atoms with Crippen molar-refractivity contribution in [3.63, 3.8) is 0 Å². The van der Waals surface area contributed by atoms with Gasteiger partial charge in [-0.25, -0.2) is 5.43 Å². The van der Waals surface area contributed by atoms with E-state index in [1.54, 1.807) is 30.3 Å². The molecule has 0 saturated carbocycles. The lowest BCUT2D eigenvalue weighted by Crippen LogP contribution is -2.18. The molecule has 0 bridgehead atoms. The van der Waals surface area contributed by atoms with E-state index in [4.69, 9.17) is 16.3 Å². The van der Waals surface area contributed by atoms with Gasteiger partial charge in [0.2, 0.25) is 0 Å². The summed E-state index contributed by atoms with van der Waals surface area (Å²) >= 11 is 5.90. The summed E-state index contributed by atoms with van der Waals surface area (Å²) < 4.78 is 4.91. The van der Waals surface area contributed by atoms with E-state index in [0.717, 1.165) is 18.3 Å². The molecule has 168 valence electrons. The number of hydrazone groups is 1. The maximum Gasteiger partial charge on any atom is 0.274 e. The quantitative estimate of drug-likeness (QED) is 0.272. The van der Waals surface area contributed by atoms with Crippen LogP contribution in [0.1, 0.15) is 26.3 Å². The SMILES string of the molecule is COc1cc([N+](=O)[O-])cc(/C=N\NC(=O)c2cccc(NC(=O)c3cccc(Cl)c3)c2)c1O. The van der Waals surface area contributed by atoms with E-state index in [0.29, 0.717) is 16.3 Å². The number of phenolic OH excluding ortho intramolecular Hbond substituents is 1. The molecule has 11 heteroatoms. The Kier molecular flexibility index (Phi) is 7.21. The van der Waals surface area contributed by atoms with Gasteiger partial charge in [-0.1, -0.05) is 23.7 Å². The molecule has 3 aromatic carbocycles. The van der Waals surface area contributed by atoms with E-state index in [1.807, 2.05) is 0 Å². The first kappa shape index (κ1) is 23.2. The number of benzene rings is 3. The number of hydrogen-bond donors (Lipinski definition) is 3. The summed E-state index contributed by atoms with van der Waals surface area (Å²) in [6.07, 6.45) is 1.05. The first-order chi connectivity index (χ1) is 15.8. The van der Waals surface area contributed by atoms with Crippen LogP contribution in [0.4, 0.5) is 11.4 Å². The highest BCUT2D eigenvalue weighted by Gasteiger charge is 2.16. The fourth-order valence-corrected chi connectivity index (χ4v) is 2.96. The number of carbonyl (C=O) groups excluding carboxylic acids is 2. The minimum absolute atomic E-state index is 0.0242. The van der Waals surface area contributed by atoms with Crippen molar-refractivity contribution >= 4 is 41.0 Å². The van der Waals surface area contributed by atoms with E-state index in [2.05, 4.69) is 15.8 Å². The highest BCUT2D eigenvalue weighted by Crippen LogP contribution is 2.33. The molecule has 33 heavy (non-hydrogen) atoms. The number of non-ortho nitro benzene ring substituents is 1. The van der Waals surface area contributed by atoms with Gasteiger partial charge >= 0.3 is 0 Å². The maximum absolute atomic E-state index is 12.4. The van der Waals surface area contributed by atoms with Crippen molar-refractivity contribution in [2.24, 2.45) is 5.10 Å². The number of anilines is 1. The second-order valence-corrected chi connectivity index (χ2v) is 7.02. The Hall–Kier alpha value is -4.44. The molecule has 0 unspecified atom stereocenters. The standard InChI is InChI=1S/C22H17ClN4O6/c1-33-19-11-18(27(31)32)10-15(20(19)28)12-24-26-22(30)14-5-3-7-17(9-14)25-21(29)13-4-2-6-16(23)8-13/h2-12,28H,1H3,(H,25,29)(H,26,30)/b24-12-. The molecule has 10 nitrogen and oxygen atoms in total. The molecule has 0 aliphatic rings. The molecule has 0 heterocycles. The highest BCUT2D eigenvalue weighted by atomic mass is 35.5. The van der Waals surface area contributed by atoms with Crippen molar-refractivity contribution in [1.82, 2.24) is 5.43 Å². The van der Waals surface area contributed by atoms with E-state index >= 15 is 0 Å². The fourth-order valence-electron chi connectivity index (χ4n) is 2.77. The molecule has 3 rings (SSSR count). The molecule has 0 fully saturated rings. The van der Waals surface area contributed by atoms with Gasteiger partial charge < -0.3 is 15.2 Å². The Bertz CT molecular complexity index is 1260. The average Bonchev–Trinajstić information content (AvgIpc) is 2.80. The molecular weight excluding hydrogens is 452 g/mol. The van der Waals surface area contributed by atoms with Crippen LogP contribution in [0.25, 0.3) is 0 Å².